The van der Waals surface area contributed by atoms with E-state index in [9.17, 15) is 4.79 Å². The first-order valence-electron chi connectivity index (χ1n) is 5.82. The largest absolute Gasteiger partial charge is 0.455 e. The van der Waals surface area contributed by atoms with Crippen LogP contribution in [0.15, 0.2) is 12.2 Å². The Hall–Kier alpha value is -0.790. The van der Waals surface area contributed by atoms with Crippen LogP contribution in [0, 0.1) is 5.92 Å². The molecule has 15 heavy (non-hydrogen) atoms. The van der Waals surface area contributed by atoms with Gasteiger partial charge in [0.05, 0.1) is 0 Å². The molecule has 2 heteroatoms. The molecule has 0 amide bonds. The molecule has 1 atom stereocenters. The second-order valence-electron chi connectivity index (χ2n) is 4.25. The van der Waals surface area contributed by atoms with E-state index in [1.807, 2.05) is 0 Å². The number of esters is 1. The maximum Gasteiger partial charge on any atom is 0.333 e. The van der Waals surface area contributed by atoms with Gasteiger partial charge in [-0.1, -0.05) is 34.3 Å². The molecule has 0 radical (unpaired) electrons. The van der Waals surface area contributed by atoms with E-state index in [-0.39, 0.29) is 11.6 Å². The molecule has 0 aliphatic heterocycles. The lowest BCUT2D eigenvalue weighted by molar-refractivity contribution is -0.162. The molecule has 0 rings (SSSR count). The smallest absolute Gasteiger partial charge is 0.333 e. The molecule has 0 fully saturated rings. The van der Waals surface area contributed by atoms with E-state index in [2.05, 4.69) is 34.3 Å². The summed E-state index contributed by atoms with van der Waals surface area (Å²) in [6.45, 7) is 13.7. The average molecular weight is 212 g/mol. The zero-order chi connectivity index (χ0) is 12.1. The normalized spacial score (nSPS) is 13.4. The molecule has 0 heterocycles. The van der Waals surface area contributed by atoms with Crippen LogP contribution >= 0.6 is 0 Å². The lowest BCUT2D eigenvalue weighted by Gasteiger charge is -2.37. The molecule has 0 bridgehead atoms. The summed E-state index contributed by atoms with van der Waals surface area (Å²) in [4.78, 5) is 11.6. The molecule has 0 saturated carbocycles. The van der Waals surface area contributed by atoms with Gasteiger partial charge in [-0.15, -0.1) is 0 Å². The van der Waals surface area contributed by atoms with Crippen molar-refractivity contribution >= 4 is 5.97 Å². The van der Waals surface area contributed by atoms with Gasteiger partial charge >= 0.3 is 5.97 Å². The summed E-state index contributed by atoms with van der Waals surface area (Å²) in [5.74, 6) is 0.120. The summed E-state index contributed by atoms with van der Waals surface area (Å²) in [5.41, 5.74) is 0.162. The Balaban J connectivity index is 4.78. The summed E-state index contributed by atoms with van der Waals surface area (Å²) >= 11 is 0. The number of carbonyl (C=O) groups excluding carboxylic acids is 1. The van der Waals surface area contributed by atoms with Crippen molar-refractivity contribution in [3.63, 3.8) is 0 Å². The third-order valence-electron chi connectivity index (χ3n) is 3.35. The Morgan fingerprint density at radius 1 is 1.33 bits per heavy atom. The van der Waals surface area contributed by atoms with E-state index in [1.54, 1.807) is 6.92 Å². The van der Waals surface area contributed by atoms with Gasteiger partial charge in [0.1, 0.15) is 5.60 Å². The SMILES string of the molecule is C=C(C)C(=O)OC(CC)(CC)C(C)CC. The monoisotopic (exact) mass is 212 g/mol. The van der Waals surface area contributed by atoms with E-state index in [0.717, 1.165) is 19.3 Å². The summed E-state index contributed by atoms with van der Waals surface area (Å²) in [7, 11) is 0. The Morgan fingerprint density at radius 2 is 1.80 bits per heavy atom. The van der Waals surface area contributed by atoms with Crippen LogP contribution < -0.4 is 0 Å². The molecule has 2 nitrogen and oxygen atoms in total. The topological polar surface area (TPSA) is 26.3 Å². The van der Waals surface area contributed by atoms with Crippen molar-refractivity contribution < 1.29 is 9.53 Å². The zero-order valence-electron chi connectivity index (χ0n) is 10.7. The first kappa shape index (κ1) is 14.2. The molecular weight excluding hydrogens is 188 g/mol. The highest BCUT2D eigenvalue weighted by Gasteiger charge is 2.35. The highest BCUT2D eigenvalue weighted by Crippen LogP contribution is 2.32. The quantitative estimate of drug-likeness (QED) is 0.495. The van der Waals surface area contributed by atoms with Crippen LogP contribution in [0.4, 0.5) is 0 Å². The van der Waals surface area contributed by atoms with Crippen molar-refractivity contribution in [2.75, 3.05) is 0 Å². The predicted molar refractivity (Wildman–Crippen MR) is 63.7 cm³/mol. The molecule has 0 aromatic rings. The molecule has 0 aliphatic carbocycles. The third-order valence-corrected chi connectivity index (χ3v) is 3.35. The minimum atomic E-state index is -0.315. The summed E-state index contributed by atoms with van der Waals surface area (Å²) < 4.78 is 5.61. The number of ether oxygens (including phenoxy) is 1. The lowest BCUT2D eigenvalue weighted by atomic mass is 9.82. The van der Waals surface area contributed by atoms with E-state index in [1.165, 1.54) is 0 Å². The van der Waals surface area contributed by atoms with Crippen molar-refractivity contribution in [3.8, 4) is 0 Å². The first-order chi connectivity index (χ1) is 6.93. The van der Waals surface area contributed by atoms with E-state index in [4.69, 9.17) is 4.74 Å². The number of hydrogen-bond acceptors (Lipinski definition) is 2. The molecule has 0 aliphatic rings. The van der Waals surface area contributed by atoms with Crippen molar-refractivity contribution in [1.29, 1.82) is 0 Å². The number of hydrogen-bond donors (Lipinski definition) is 0. The fourth-order valence-electron chi connectivity index (χ4n) is 1.84. The van der Waals surface area contributed by atoms with Crippen molar-refractivity contribution in [3.05, 3.63) is 12.2 Å². The molecule has 0 spiro atoms. The minimum Gasteiger partial charge on any atom is -0.455 e. The fraction of sp³-hybridized carbons (Fsp3) is 0.769. The Kier molecular flexibility index (Phi) is 5.63. The van der Waals surface area contributed by atoms with Crippen LogP contribution in [0.1, 0.15) is 53.9 Å². The van der Waals surface area contributed by atoms with Crippen molar-refractivity contribution in [2.45, 2.75) is 59.5 Å². The van der Waals surface area contributed by atoms with Crippen LogP contribution in [0.3, 0.4) is 0 Å². The first-order valence-corrected chi connectivity index (χ1v) is 5.82. The molecule has 0 aromatic carbocycles. The van der Waals surface area contributed by atoms with Gasteiger partial charge in [0.25, 0.3) is 0 Å². The van der Waals surface area contributed by atoms with Crippen molar-refractivity contribution in [1.82, 2.24) is 0 Å². The van der Waals surface area contributed by atoms with Crippen LogP contribution in [0.5, 0.6) is 0 Å². The zero-order valence-corrected chi connectivity index (χ0v) is 10.7. The minimum absolute atomic E-state index is 0.265. The Bertz CT molecular complexity index is 227. The van der Waals surface area contributed by atoms with E-state index in [0.29, 0.717) is 11.5 Å². The average Bonchev–Trinajstić information content (AvgIpc) is 2.24. The van der Waals surface area contributed by atoms with Gasteiger partial charge in [-0.3, -0.25) is 0 Å². The third kappa shape index (κ3) is 3.37. The number of rotatable bonds is 6. The number of carbonyl (C=O) groups is 1. The van der Waals surface area contributed by atoms with Crippen molar-refractivity contribution in [2.24, 2.45) is 5.92 Å². The molecule has 88 valence electrons. The highest BCUT2D eigenvalue weighted by molar-refractivity contribution is 5.87. The van der Waals surface area contributed by atoms with Gasteiger partial charge < -0.3 is 4.74 Å². The van der Waals surface area contributed by atoms with Gasteiger partial charge in [-0.25, -0.2) is 4.79 Å². The molecular formula is C13H24O2. The second kappa shape index (κ2) is 5.94. The Morgan fingerprint density at radius 3 is 2.07 bits per heavy atom. The van der Waals surface area contributed by atoms with Crippen LogP contribution in [-0.2, 0) is 9.53 Å². The van der Waals surface area contributed by atoms with Crippen LogP contribution in [0.2, 0.25) is 0 Å². The maximum atomic E-state index is 11.6. The second-order valence-corrected chi connectivity index (χ2v) is 4.25. The molecule has 0 saturated heterocycles. The summed E-state index contributed by atoms with van der Waals surface area (Å²) in [5, 5.41) is 0. The molecule has 1 unspecified atom stereocenters. The van der Waals surface area contributed by atoms with Crippen LogP contribution in [0.25, 0.3) is 0 Å². The standard InChI is InChI=1S/C13H24O2/c1-7-11(6)13(8-2,9-3)15-12(14)10(4)5/h11H,4,7-9H2,1-3,5-6H3. The van der Waals surface area contributed by atoms with Gasteiger partial charge in [0.2, 0.25) is 0 Å². The predicted octanol–water partition coefficient (Wildman–Crippen LogP) is 3.71. The van der Waals surface area contributed by atoms with Crippen LogP contribution in [-0.4, -0.2) is 11.6 Å². The maximum absolute atomic E-state index is 11.6. The Labute approximate surface area is 93.7 Å². The lowest BCUT2D eigenvalue weighted by Crippen LogP contribution is -2.40. The fourth-order valence-corrected chi connectivity index (χ4v) is 1.84. The van der Waals surface area contributed by atoms with Gasteiger partial charge in [0.15, 0.2) is 0 Å². The summed E-state index contributed by atoms with van der Waals surface area (Å²) in [6, 6.07) is 0. The molecule has 0 aromatic heterocycles. The van der Waals surface area contributed by atoms with Gasteiger partial charge in [0, 0.05) is 5.57 Å². The van der Waals surface area contributed by atoms with E-state index < -0.39 is 0 Å². The van der Waals surface area contributed by atoms with Gasteiger partial charge in [-0.2, -0.15) is 0 Å². The molecule has 0 N–H and O–H groups in total. The van der Waals surface area contributed by atoms with Gasteiger partial charge in [-0.05, 0) is 32.1 Å². The highest BCUT2D eigenvalue weighted by atomic mass is 16.6. The van der Waals surface area contributed by atoms with E-state index >= 15 is 0 Å². The summed E-state index contributed by atoms with van der Waals surface area (Å²) in [6.07, 6.45) is 2.74.